The van der Waals surface area contributed by atoms with Crippen LogP contribution in [-0.4, -0.2) is 17.5 Å². The molecule has 0 aliphatic carbocycles. The van der Waals surface area contributed by atoms with Gasteiger partial charge in [-0.15, -0.1) is 0 Å². The van der Waals surface area contributed by atoms with Crippen LogP contribution in [0.25, 0.3) is 0 Å². The largest absolute Gasteiger partial charge is 0.284 e. The van der Waals surface area contributed by atoms with Gasteiger partial charge in [0.05, 0.1) is 12.1 Å². The molecule has 0 N–H and O–H groups in total. The van der Waals surface area contributed by atoms with E-state index >= 15 is 0 Å². The van der Waals surface area contributed by atoms with Gasteiger partial charge in [-0.3, -0.25) is 4.90 Å². The second kappa shape index (κ2) is 7.18. The molecule has 1 aromatic carbocycles. The number of hydrogen-bond acceptors (Lipinski definition) is 2. The van der Waals surface area contributed by atoms with Crippen LogP contribution in [0.15, 0.2) is 30.3 Å². The third-order valence-corrected chi connectivity index (χ3v) is 3.74. The zero-order valence-corrected chi connectivity index (χ0v) is 11.0. The smallest absolute Gasteiger partial charge is 0.0980 e. The first-order valence-corrected chi connectivity index (χ1v) is 7.08. The summed E-state index contributed by atoms with van der Waals surface area (Å²) in [5.74, 6) is 0. The van der Waals surface area contributed by atoms with Gasteiger partial charge in [-0.25, -0.2) is 0 Å². The molecule has 2 heteroatoms. The number of nitriles is 1. The maximum Gasteiger partial charge on any atom is 0.0980 e. The van der Waals surface area contributed by atoms with E-state index in [2.05, 4.69) is 35.2 Å². The van der Waals surface area contributed by atoms with E-state index in [-0.39, 0.29) is 6.04 Å². The van der Waals surface area contributed by atoms with Gasteiger partial charge in [0, 0.05) is 6.54 Å². The van der Waals surface area contributed by atoms with E-state index in [9.17, 15) is 5.26 Å². The fraction of sp³-hybridized carbons (Fsp3) is 0.562. The molecule has 0 amide bonds. The second-order valence-electron chi connectivity index (χ2n) is 5.16. The van der Waals surface area contributed by atoms with Crippen LogP contribution in [0, 0.1) is 11.3 Å². The molecule has 0 saturated carbocycles. The molecule has 96 valence electrons. The second-order valence-corrected chi connectivity index (χ2v) is 5.16. The van der Waals surface area contributed by atoms with Crippen LogP contribution in [0.3, 0.4) is 0 Å². The molecule has 2 rings (SSSR count). The summed E-state index contributed by atoms with van der Waals surface area (Å²) in [5, 5.41) is 9.36. The van der Waals surface area contributed by atoms with Crippen molar-refractivity contribution in [1.82, 2.24) is 4.90 Å². The van der Waals surface area contributed by atoms with E-state index in [1.54, 1.807) is 0 Å². The van der Waals surface area contributed by atoms with Gasteiger partial charge in [-0.2, -0.15) is 5.26 Å². The zero-order valence-electron chi connectivity index (χ0n) is 11.0. The van der Waals surface area contributed by atoms with Gasteiger partial charge in [0.1, 0.15) is 0 Å². The molecule has 1 aliphatic rings. The molecule has 1 atom stereocenters. The summed E-state index contributed by atoms with van der Waals surface area (Å²) < 4.78 is 0. The van der Waals surface area contributed by atoms with Crippen molar-refractivity contribution in [3.63, 3.8) is 0 Å². The van der Waals surface area contributed by atoms with E-state index in [4.69, 9.17) is 0 Å². The first-order valence-electron chi connectivity index (χ1n) is 7.08. The lowest BCUT2D eigenvalue weighted by Gasteiger charge is -2.26. The van der Waals surface area contributed by atoms with Crippen LogP contribution < -0.4 is 0 Å². The Morgan fingerprint density at radius 3 is 2.56 bits per heavy atom. The van der Waals surface area contributed by atoms with Crippen molar-refractivity contribution in [2.75, 3.05) is 6.54 Å². The maximum atomic E-state index is 9.36. The fourth-order valence-electron chi connectivity index (χ4n) is 2.67. The van der Waals surface area contributed by atoms with Gasteiger partial charge in [0.15, 0.2) is 0 Å². The predicted octanol–water partition coefficient (Wildman–Crippen LogP) is 3.73. The van der Waals surface area contributed by atoms with E-state index in [1.165, 1.54) is 37.7 Å². The van der Waals surface area contributed by atoms with Crippen molar-refractivity contribution in [2.24, 2.45) is 0 Å². The number of benzene rings is 1. The van der Waals surface area contributed by atoms with Gasteiger partial charge < -0.3 is 0 Å². The molecule has 1 fully saturated rings. The van der Waals surface area contributed by atoms with Gasteiger partial charge in [-0.1, -0.05) is 56.0 Å². The Bertz CT molecular complexity index is 380. The van der Waals surface area contributed by atoms with Crippen LogP contribution in [0.5, 0.6) is 0 Å². The molecule has 0 spiro atoms. The molecule has 1 aliphatic heterocycles. The van der Waals surface area contributed by atoms with Crippen molar-refractivity contribution >= 4 is 0 Å². The summed E-state index contributed by atoms with van der Waals surface area (Å²) in [5.41, 5.74) is 1.32. The summed E-state index contributed by atoms with van der Waals surface area (Å²) in [6.45, 7) is 1.98. The highest BCUT2D eigenvalue weighted by Gasteiger charge is 2.18. The number of rotatable bonds is 2. The molecule has 18 heavy (non-hydrogen) atoms. The highest BCUT2D eigenvalue weighted by Crippen LogP contribution is 2.18. The maximum absolute atomic E-state index is 9.36. The van der Waals surface area contributed by atoms with Crippen LogP contribution in [0.4, 0.5) is 0 Å². The molecule has 0 radical (unpaired) electrons. The van der Waals surface area contributed by atoms with Crippen LogP contribution in [0.2, 0.25) is 0 Å². The minimum absolute atomic E-state index is 0.100. The number of hydrogen-bond donors (Lipinski definition) is 0. The third kappa shape index (κ3) is 3.85. The summed E-state index contributed by atoms with van der Waals surface area (Å²) in [4.78, 5) is 2.36. The van der Waals surface area contributed by atoms with Crippen LogP contribution in [-0.2, 0) is 6.54 Å². The Kier molecular flexibility index (Phi) is 5.23. The minimum Gasteiger partial charge on any atom is -0.284 e. The molecular weight excluding hydrogens is 220 g/mol. The molecule has 0 aromatic heterocycles. The Hall–Kier alpha value is -1.33. The minimum atomic E-state index is 0.100. The SMILES string of the molecule is N#CC1CCCCCCCN1Cc1ccccc1. The Morgan fingerprint density at radius 2 is 1.78 bits per heavy atom. The average molecular weight is 242 g/mol. The normalized spacial score (nSPS) is 22.5. The monoisotopic (exact) mass is 242 g/mol. The lowest BCUT2D eigenvalue weighted by Crippen LogP contribution is -2.34. The predicted molar refractivity (Wildman–Crippen MR) is 74.0 cm³/mol. The first-order chi connectivity index (χ1) is 8.90. The van der Waals surface area contributed by atoms with Crippen molar-refractivity contribution in [2.45, 2.75) is 51.1 Å². The van der Waals surface area contributed by atoms with Gasteiger partial charge in [-0.05, 0) is 24.9 Å². The molecule has 2 nitrogen and oxygen atoms in total. The summed E-state index contributed by atoms with van der Waals surface area (Å²) >= 11 is 0. The summed E-state index contributed by atoms with van der Waals surface area (Å²) in [6.07, 6.45) is 7.38. The third-order valence-electron chi connectivity index (χ3n) is 3.74. The summed E-state index contributed by atoms with van der Waals surface area (Å²) in [6, 6.07) is 13.1. The Balaban J connectivity index is 2.03. The molecule has 1 saturated heterocycles. The molecule has 1 aromatic rings. The zero-order chi connectivity index (χ0) is 12.6. The van der Waals surface area contributed by atoms with Crippen LogP contribution >= 0.6 is 0 Å². The Morgan fingerprint density at radius 1 is 1.06 bits per heavy atom. The highest BCUT2D eigenvalue weighted by molar-refractivity contribution is 5.15. The van der Waals surface area contributed by atoms with E-state index in [0.29, 0.717) is 0 Å². The number of nitrogens with zero attached hydrogens (tertiary/aromatic N) is 2. The van der Waals surface area contributed by atoms with Crippen molar-refractivity contribution in [3.8, 4) is 6.07 Å². The summed E-state index contributed by atoms with van der Waals surface area (Å²) in [7, 11) is 0. The van der Waals surface area contributed by atoms with Gasteiger partial charge in [0.2, 0.25) is 0 Å². The highest BCUT2D eigenvalue weighted by atomic mass is 15.1. The molecule has 0 bridgehead atoms. The Labute approximate surface area is 110 Å². The fourth-order valence-corrected chi connectivity index (χ4v) is 2.67. The molecule has 1 unspecified atom stereocenters. The van der Waals surface area contributed by atoms with Gasteiger partial charge >= 0.3 is 0 Å². The van der Waals surface area contributed by atoms with E-state index in [1.807, 2.05) is 6.07 Å². The van der Waals surface area contributed by atoms with Gasteiger partial charge in [0.25, 0.3) is 0 Å². The van der Waals surface area contributed by atoms with Crippen LogP contribution in [0.1, 0.15) is 44.1 Å². The quantitative estimate of drug-likeness (QED) is 0.790. The van der Waals surface area contributed by atoms with Crippen molar-refractivity contribution in [1.29, 1.82) is 5.26 Å². The van der Waals surface area contributed by atoms with Crippen molar-refractivity contribution in [3.05, 3.63) is 35.9 Å². The first kappa shape index (κ1) is 13.1. The lowest BCUT2D eigenvalue weighted by atomic mass is 10.1. The average Bonchev–Trinajstić information content (AvgIpc) is 2.52. The molecular formula is C16H22N2. The van der Waals surface area contributed by atoms with Crippen molar-refractivity contribution < 1.29 is 0 Å². The lowest BCUT2D eigenvalue weighted by molar-refractivity contribution is 0.215. The van der Waals surface area contributed by atoms with E-state index < -0.39 is 0 Å². The topological polar surface area (TPSA) is 27.0 Å². The molecule has 1 heterocycles. The van der Waals surface area contributed by atoms with E-state index in [0.717, 1.165) is 19.5 Å². The standard InChI is InChI=1S/C16H22N2/c17-13-16-11-7-2-1-3-8-12-18(16)14-15-9-5-4-6-10-15/h4-6,9-10,16H,1-3,7-8,11-12,14H2.